The molecule has 106 valence electrons. The van der Waals surface area contributed by atoms with Gasteiger partial charge in [-0.2, -0.15) is 0 Å². The monoisotopic (exact) mass is 292 g/mol. The standard InChI is InChI=1S/C14H16N2O3S/c1-14(2,3)16-12(19)9-6-4-5-7-10(9)15-13(16)20-8-11(17)18/h4-7H,8H2,1-3H3,(H,17,18). The number of carboxylic acids is 1. The molecule has 0 aliphatic carbocycles. The zero-order chi connectivity index (χ0) is 14.9. The molecule has 0 saturated heterocycles. The summed E-state index contributed by atoms with van der Waals surface area (Å²) in [4.78, 5) is 27.8. The van der Waals surface area contributed by atoms with Gasteiger partial charge in [0.25, 0.3) is 5.56 Å². The topological polar surface area (TPSA) is 72.2 Å². The van der Waals surface area contributed by atoms with Crippen molar-refractivity contribution in [1.29, 1.82) is 0 Å². The second kappa shape index (κ2) is 5.28. The number of nitrogens with zero attached hydrogens (tertiary/aromatic N) is 2. The number of para-hydroxylation sites is 1. The number of hydrogen-bond acceptors (Lipinski definition) is 4. The SMILES string of the molecule is CC(C)(C)n1c(SCC(=O)O)nc2ccccc2c1=O. The molecule has 1 heterocycles. The Balaban J connectivity index is 2.70. The first-order valence-electron chi connectivity index (χ1n) is 6.17. The van der Waals surface area contributed by atoms with Gasteiger partial charge in [-0.15, -0.1) is 0 Å². The van der Waals surface area contributed by atoms with Crippen LogP contribution in [0.5, 0.6) is 0 Å². The van der Waals surface area contributed by atoms with E-state index >= 15 is 0 Å². The minimum atomic E-state index is -0.933. The number of benzene rings is 1. The molecule has 5 nitrogen and oxygen atoms in total. The third kappa shape index (κ3) is 2.85. The Labute approximate surface area is 120 Å². The van der Waals surface area contributed by atoms with Crippen molar-refractivity contribution in [1.82, 2.24) is 9.55 Å². The van der Waals surface area contributed by atoms with Crippen molar-refractivity contribution in [2.75, 3.05) is 5.75 Å². The van der Waals surface area contributed by atoms with Crippen LogP contribution in [-0.2, 0) is 10.3 Å². The Hall–Kier alpha value is -1.82. The van der Waals surface area contributed by atoms with Gasteiger partial charge in [0.05, 0.1) is 16.7 Å². The highest BCUT2D eigenvalue weighted by atomic mass is 32.2. The molecule has 0 unspecified atom stereocenters. The first-order chi connectivity index (χ1) is 9.30. The smallest absolute Gasteiger partial charge is 0.313 e. The van der Waals surface area contributed by atoms with E-state index in [9.17, 15) is 9.59 Å². The predicted molar refractivity (Wildman–Crippen MR) is 79.4 cm³/mol. The molecule has 0 fully saturated rings. The van der Waals surface area contributed by atoms with Crippen LogP contribution in [0.3, 0.4) is 0 Å². The van der Waals surface area contributed by atoms with Crippen molar-refractivity contribution in [3.63, 3.8) is 0 Å². The second-order valence-electron chi connectivity index (χ2n) is 5.41. The third-order valence-electron chi connectivity index (χ3n) is 2.74. The van der Waals surface area contributed by atoms with E-state index in [4.69, 9.17) is 5.11 Å². The molecule has 6 heteroatoms. The van der Waals surface area contributed by atoms with Gasteiger partial charge >= 0.3 is 5.97 Å². The minimum Gasteiger partial charge on any atom is -0.481 e. The molecule has 0 radical (unpaired) electrons. The van der Waals surface area contributed by atoms with Gasteiger partial charge in [-0.05, 0) is 32.9 Å². The normalized spacial score (nSPS) is 11.8. The molecule has 0 bridgehead atoms. The number of carbonyl (C=O) groups is 1. The summed E-state index contributed by atoms with van der Waals surface area (Å²) in [5, 5.41) is 9.79. The summed E-state index contributed by atoms with van der Waals surface area (Å²) >= 11 is 1.06. The van der Waals surface area contributed by atoms with Crippen LogP contribution >= 0.6 is 11.8 Å². The first-order valence-corrected chi connectivity index (χ1v) is 7.16. The summed E-state index contributed by atoms with van der Waals surface area (Å²) < 4.78 is 1.56. The van der Waals surface area contributed by atoms with Crippen LogP contribution in [0.1, 0.15) is 20.8 Å². The molecular weight excluding hydrogens is 276 g/mol. The van der Waals surface area contributed by atoms with Crippen LogP contribution in [0.4, 0.5) is 0 Å². The van der Waals surface area contributed by atoms with Crippen molar-refractivity contribution in [2.45, 2.75) is 31.5 Å². The van der Waals surface area contributed by atoms with E-state index < -0.39 is 11.5 Å². The zero-order valence-corrected chi connectivity index (χ0v) is 12.4. The molecule has 0 amide bonds. The number of carboxylic acid groups (broad SMARTS) is 1. The average molecular weight is 292 g/mol. The number of fused-ring (bicyclic) bond motifs is 1. The lowest BCUT2D eigenvalue weighted by Crippen LogP contribution is -2.36. The van der Waals surface area contributed by atoms with Crippen LogP contribution in [0, 0.1) is 0 Å². The lowest BCUT2D eigenvalue weighted by Gasteiger charge is -2.25. The molecule has 0 saturated carbocycles. The minimum absolute atomic E-state index is 0.124. The van der Waals surface area contributed by atoms with Gasteiger partial charge in [-0.25, -0.2) is 4.98 Å². The molecule has 1 aromatic heterocycles. The molecule has 1 N–H and O–H groups in total. The van der Waals surface area contributed by atoms with E-state index in [2.05, 4.69) is 4.98 Å². The first kappa shape index (κ1) is 14.6. The summed E-state index contributed by atoms with van der Waals surface area (Å²) in [7, 11) is 0. The van der Waals surface area contributed by atoms with Crippen molar-refractivity contribution < 1.29 is 9.90 Å². The third-order valence-corrected chi connectivity index (χ3v) is 3.66. The fourth-order valence-electron chi connectivity index (χ4n) is 1.93. The Kier molecular flexibility index (Phi) is 3.85. The van der Waals surface area contributed by atoms with Crippen LogP contribution in [0.15, 0.2) is 34.2 Å². The lowest BCUT2D eigenvalue weighted by atomic mass is 10.1. The fraction of sp³-hybridized carbons (Fsp3) is 0.357. The van der Waals surface area contributed by atoms with Crippen LogP contribution < -0.4 is 5.56 Å². The van der Waals surface area contributed by atoms with Crippen LogP contribution in [0.2, 0.25) is 0 Å². The maximum Gasteiger partial charge on any atom is 0.313 e. The summed E-state index contributed by atoms with van der Waals surface area (Å²) in [5.74, 6) is -1.06. The molecule has 20 heavy (non-hydrogen) atoms. The maximum absolute atomic E-state index is 12.6. The molecule has 0 atom stereocenters. The Morgan fingerprint density at radius 1 is 1.35 bits per heavy atom. The number of aliphatic carboxylic acids is 1. The molecule has 0 aliphatic rings. The molecular formula is C14H16N2O3S. The zero-order valence-electron chi connectivity index (χ0n) is 11.6. The van der Waals surface area contributed by atoms with Gasteiger partial charge in [0.2, 0.25) is 0 Å². The summed E-state index contributed by atoms with van der Waals surface area (Å²) in [5.41, 5.74) is -0.0172. The van der Waals surface area contributed by atoms with Crippen LogP contribution in [0.25, 0.3) is 10.9 Å². The van der Waals surface area contributed by atoms with Crippen molar-refractivity contribution in [3.05, 3.63) is 34.6 Å². The van der Waals surface area contributed by atoms with Crippen molar-refractivity contribution >= 4 is 28.6 Å². The Morgan fingerprint density at radius 2 is 2.00 bits per heavy atom. The van der Waals surface area contributed by atoms with Gasteiger partial charge in [-0.3, -0.25) is 14.2 Å². The van der Waals surface area contributed by atoms with Gasteiger partial charge < -0.3 is 5.11 Å². The van der Waals surface area contributed by atoms with Gasteiger partial charge in [0.1, 0.15) is 0 Å². The van der Waals surface area contributed by atoms with E-state index in [0.717, 1.165) is 11.8 Å². The van der Waals surface area contributed by atoms with E-state index in [-0.39, 0.29) is 11.3 Å². The van der Waals surface area contributed by atoms with E-state index in [1.165, 1.54) is 0 Å². The van der Waals surface area contributed by atoms with Gasteiger partial charge in [0.15, 0.2) is 5.16 Å². The maximum atomic E-state index is 12.6. The number of hydrogen-bond donors (Lipinski definition) is 1. The second-order valence-corrected chi connectivity index (χ2v) is 6.35. The number of thioether (sulfide) groups is 1. The summed E-state index contributed by atoms with van der Waals surface area (Å²) in [6.45, 7) is 5.70. The lowest BCUT2D eigenvalue weighted by molar-refractivity contribution is -0.133. The predicted octanol–water partition coefficient (Wildman–Crippen LogP) is 2.33. The van der Waals surface area contributed by atoms with E-state index in [1.807, 2.05) is 26.8 Å². The molecule has 0 aliphatic heterocycles. The highest BCUT2D eigenvalue weighted by Gasteiger charge is 2.22. The molecule has 1 aromatic carbocycles. The average Bonchev–Trinajstić information content (AvgIpc) is 2.34. The number of aromatic nitrogens is 2. The molecule has 2 aromatic rings. The molecule has 0 spiro atoms. The highest BCUT2D eigenvalue weighted by molar-refractivity contribution is 7.99. The van der Waals surface area contributed by atoms with Crippen molar-refractivity contribution in [2.24, 2.45) is 0 Å². The number of rotatable bonds is 3. The summed E-state index contributed by atoms with van der Waals surface area (Å²) in [6.07, 6.45) is 0. The highest BCUT2D eigenvalue weighted by Crippen LogP contribution is 2.23. The van der Waals surface area contributed by atoms with Gasteiger partial charge in [0, 0.05) is 5.54 Å². The van der Waals surface area contributed by atoms with Crippen LogP contribution in [-0.4, -0.2) is 26.4 Å². The van der Waals surface area contributed by atoms with E-state index in [0.29, 0.717) is 16.1 Å². The largest absolute Gasteiger partial charge is 0.481 e. The van der Waals surface area contributed by atoms with Gasteiger partial charge in [-0.1, -0.05) is 23.9 Å². The Morgan fingerprint density at radius 3 is 2.60 bits per heavy atom. The quantitative estimate of drug-likeness (QED) is 0.694. The Bertz CT molecular complexity index is 716. The molecule has 2 rings (SSSR count). The summed E-state index contributed by atoms with van der Waals surface area (Å²) in [6, 6.07) is 7.09. The van der Waals surface area contributed by atoms with Crippen molar-refractivity contribution in [3.8, 4) is 0 Å². The fourth-order valence-corrected chi connectivity index (χ4v) is 2.83. The van der Waals surface area contributed by atoms with E-state index in [1.54, 1.807) is 22.8 Å².